The summed E-state index contributed by atoms with van der Waals surface area (Å²) in [7, 11) is 0. The van der Waals surface area contributed by atoms with Crippen LogP contribution in [0.25, 0.3) is 10.3 Å². The van der Waals surface area contributed by atoms with Crippen LogP contribution in [0, 0.1) is 11.7 Å². The SMILES string of the molecule is C[C@H]1CCCN(c2nc3ncnc(SCC(=O)Nc4ccc(F)c(Cl)c4)c3s2)C1. The van der Waals surface area contributed by atoms with E-state index in [1.54, 1.807) is 11.3 Å². The van der Waals surface area contributed by atoms with E-state index >= 15 is 0 Å². The van der Waals surface area contributed by atoms with Crippen LogP contribution in [0.1, 0.15) is 19.8 Å². The molecule has 3 heterocycles. The fraction of sp³-hybridized carbons (Fsp3) is 0.368. The van der Waals surface area contributed by atoms with Crippen molar-refractivity contribution in [3.63, 3.8) is 0 Å². The van der Waals surface area contributed by atoms with Crippen LogP contribution in [-0.2, 0) is 4.79 Å². The van der Waals surface area contributed by atoms with Crippen LogP contribution < -0.4 is 10.2 Å². The lowest BCUT2D eigenvalue weighted by Gasteiger charge is -2.30. The van der Waals surface area contributed by atoms with E-state index in [0.717, 1.165) is 34.4 Å². The third kappa shape index (κ3) is 4.79. The lowest BCUT2D eigenvalue weighted by molar-refractivity contribution is -0.113. The van der Waals surface area contributed by atoms with Gasteiger partial charge in [-0.15, -0.1) is 0 Å². The number of nitrogens with one attached hydrogen (secondary N) is 1. The highest BCUT2D eigenvalue weighted by Gasteiger charge is 2.21. The summed E-state index contributed by atoms with van der Waals surface area (Å²) < 4.78 is 14.1. The first-order valence-electron chi connectivity index (χ1n) is 9.24. The molecule has 0 unspecified atom stereocenters. The van der Waals surface area contributed by atoms with Crippen molar-refractivity contribution in [1.29, 1.82) is 0 Å². The smallest absolute Gasteiger partial charge is 0.234 e. The number of piperidine rings is 1. The molecule has 0 spiro atoms. The van der Waals surface area contributed by atoms with E-state index in [9.17, 15) is 9.18 Å². The van der Waals surface area contributed by atoms with Gasteiger partial charge in [0.15, 0.2) is 10.8 Å². The molecule has 1 N–H and O–H groups in total. The number of benzene rings is 1. The van der Waals surface area contributed by atoms with Crippen molar-refractivity contribution in [2.24, 2.45) is 5.92 Å². The summed E-state index contributed by atoms with van der Waals surface area (Å²) in [6.07, 6.45) is 3.89. The molecular weight excluding hydrogens is 433 g/mol. The number of fused-ring (bicyclic) bond motifs is 1. The Balaban J connectivity index is 1.44. The topological polar surface area (TPSA) is 71.0 Å². The normalized spacial score (nSPS) is 16.9. The predicted molar refractivity (Wildman–Crippen MR) is 117 cm³/mol. The van der Waals surface area contributed by atoms with Crippen molar-refractivity contribution in [2.75, 3.05) is 29.1 Å². The number of hydrogen-bond donors (Lipinski definition) is 1. The summed E-state index contributed by atoms with van der Waals surface area (Å²) in [5, 5.41) is 4.38. The van der Waals surface area contributed by atoms with Crippen molar-refractivity contribution >= 4 is 61.8 Å². The first-order chi connectivity index (χ1) is 14.0. The fourth-order valence-electron chi connectivity index (χ4n) is 3.23. The number of halogens is 2. The maximum atomic E-state index is 13.2. The molecule has 0 radical (unpaired) electrons. The van der Waals surface area contributed by atoms with E-state index in [1.807, 2.05) is 0 Å². The quantitative estimate of drug-likeness (QED) is 0.442. The number of hydrogen-bond acceptors (Lipinski definition) is 7. The minimum Gasteiger partial charge on any atom is -0.348 e. The molecule has 0 saturated carbocycles. The number of carbonyl (C=O) groups is 1. The molecule has 1 atom stereocenters. The number of thioether (sulfide) groups is 1. The molecule has 1 fully saturated rings. The first-order valence-corrected chi connectivity index (χ1v) is 11.4. The van der Waals surface area contributed by atoms with Gasteiger partial charge in [-0.3, -0.25) is 4.79 Å². The molecular formula is C19H19ClFN5OS2. The van der Waals surface area contributed by atoms with Crippen LogP contribution in [0.5, 0.6) is 0 Å². The molecule has 152 valence electrons. The van der Waals surface area contributed by atoms with Crippen LogP contribution in [0.2, 0.25) is 5.02 Å². The number of carbonyl (C=O) groups excluding carboxylic acids is 1. The van der Waals surface area contributed by atoms with Gasteiger partial charge in [0.25, 0.3) is 0 Å². The largest absolute Gasteiger partial charge is 0.348 e. The average Bonchev–Trinajstić information content (AvgIpc) is 3.14. The van der Waals surface area contributed by atoms with Gasteiger partial charge in [-0.25, -0.2) is 14.4 Å². The Bertz CT molecular complexity index is 1050. The summed E-state index contributed by atoms with van der Waals surface area (Å²) in [6.45, 7) is 4.26. The predicted octanol–water partition coefficient (Wildman–Crippen LogP) is 4.85. The van der Waals surface area contributed by atoms with Crippen molar-refractivity contribution in [2.45, 2.75) is 24.8 Å². The van der Waals surface area contributed by atoms with E-state index < -0.39 is 5.82 Å². The molecule has 0 aliphatic carbocycles. The molecule has 2 aromatic heterocycles. The first kappa shape index (κ1) is 20.3. The average molecular weight is 452 g/mol. The third-order valence-electron chi connectivity index (χ3n) is 4.62. The molecule has 4 rings (SSSR count). The highest BCUT2D eigenvalue weighted by Crippen LogP contribution is 2.35. The Kier molecular flexibility index (Phi) is 6.17. The van der Waals surface area contributed by atoms with Gasteiger partial charge in [0.1, 0.15) is 21.9 Å². The van der Waals surface area contributed by atoms with Gasteiger partial charge in [0.05, 0.1) is 10.8 Å². The van der Waals surface area contributed by atoms with Crippen molar-refractivity contribution < 1.29 is 9.18 Å². The lowest BCUT2D eigenvalue weighted by Crippen LogP contribution is -2.34. The maximum Gasteiger partial charge on any atom is 0.234 e. The number of aromatic nitrogens is 3. The number of nitrogens with zero attached hydrogens (tertiary/aromatic N) is 4. The molecule has 6 nitrogen and oxygen atoms in total. The van der Waals surface area contributed by atoms with Crippen LogP contribution in [-0.4, -0.2) is 39.7 Å². The zero-order chi connectivity index (χ0) is 20.4. The molecule has 0 bridgehead atoms. The van der Waals surface area contributed by atoms with Crippen LogP contribution in [0.4, 0.5) is 15.2 Å². The Hall–Kier alpha value is -1.97. The summed E-state index contributed by atoms with van der Waals surface area (Å²) >= 11 is 8.65. The molecule has 1 saturated heterocycles. The summed E-state index contributed by atoms with van der Waals surface area (Å²) in [4.78, 5) is 27.9. The summed E-state index contributed by atoms with van der Waals surface area (Å²) in [5.41, 5.74) is 1.11. The standard InChI is InChI=1S/C19H19ClFN5OS2/c1-11-3-2-6-26(8-11)19-25-17-16(29-19)18(23-10-22-17)28-9-15(27)24-12-4-5-14(21)13(20)7-12/h4-5,7,10-11H,2-3,6,8-9H2,1H3,(H,24,27)/t11-/m0/s1. The maximum absolute atomic E-state index is 13.2. The van der Waals surface area contributed by atoms with E-state index in [2.05, 4.69) is 32.1 Å². The summed E-state index contributed by atoms with van der Waals surface area (Å²) in [6, 6.07) is 4.08. The van der Waals surface area contributed by atoms with E-state index in [1.165, 1.54) is 42.7 Å². The number of thiazole rings is 1. The summed E-state index contributed by atoms with van der Waals surface area (Å²) in [5.74, 6) is 0.0691. The van der Waals surface area contributed by atoms with Gasteiger partial charge in [-0.05, 0) is 37.0 Å². The highest BCUT2D eigenvalue weighted by molar-refractivity contribution is 8.00. The van der Waals surface area contributed by atoms with Gasteiger partial charge in [0.2, 0.25) is 5.91 Å². The minimum atomic E-state index is -0.522. The van der Waals surface area contributed by atoms with E-state index in [4.69, 9.17) is 11.6 Å². The second kappa shape index (κ2) is 8.81. The molecule has 29 heavy (non-hydrogen) atoms. The van der Waals surface area contributed by atoms with Gasteiger partial charge in [-0.2, -0.15) is 4.98 Å². The molecule has 3 aromatic rings. The zero-order valence-corrected chi connectivity index (χ0v) is 18.1. The van der Waals surface area contributed by atoms with Crippen molar-refractivity contribution in [1.82, 2.24) is 15.0 Å². The van der Waals surface area contributed by atoms with Gasteiger partial charge < -0.3 is 10.2 Å². The molecule has 1 amide bonds. The molecule has 1 aliphatic heterocycles. The number of amides is 1. The van der Waals surface area contributed by atoms with Gasteiger partial charge >= 0.3 is 0 Å². The number of anilines is 2. The Morgan fingerprint density at radius 2 is 2.31 bits per heavy atom. The van der Waals surface area contributed by atoms with E-state index in [-0.39, 0.29) is 16.7 Å². The third-order valence-corrected chi connectivity index (χ3v) is 7.14. The van der Waals surface area contributed by atoms with Crippen LogP contribution in [0.15, 0.2) is 29.6 Å². The van der Waals surface area contributed by atoms with E-state index in [0.29, 0.717) is 17.3 Å². The Labute approximate surface area is 180 Å². The van der Waals surface area contributed by atoms with Gasteiger partial charge in [0, 0.05) is 18.8 Å². The lowest BCUT2D eigenvalue weighted by atomic mass is 10.0. The molecule has 1 aromatic carbocycles. The minimum absolute atomic E-state index is 0.0304. The van der Waals surface area contributed by atoms with Crippen molar-refractivity contribution in [3.8, 4) is 0 Å². The van der Waals surface area contributed by atoms with Crippen LogP contribution in [0.3, 0.4) is 0 Å². The Morgan fingerprint density at radius 3 is 3.10 bits per heavy atom. The second-order valence-electron chi connectivity index (χ2n) is 6.99. The fourth-order valence-corrected chi connectivity index (χ4v) is 5.33. The number of rotatable bonds is 5. The van der Waals surface area contributed by atoms with Crippen molar-refractivity contribution in [3.05, 3.63) is 35.4 Å². The molecule has 1 aliphatic rings. The van der Waals surface area contributed by atoms with Gasteiger partial charge in [-0.1, -0.05) is 41.6 Å². The Morgan fingerprint density at radius 1 is 1.45 bits per heavy atom. The monoisotopic (exact) mass is 451 g/mol. The zero-order valence-electron chi connectivity index (χ0n) is 15.7. The second-order valence-corrected chi connectivity index (χ2v) is 9.34. The molecule has 10 heteroatoms. The highest BCUT2D eigenvalue weighted by atomic mass is 35.5. The van der Waals surface area contributed by atoms with Crippen LogP contribution >= 0.6 is 34.7 Å².